The van der Waals surface area contributed by atoms with Gasteiger partial charge in [0.15, 0.2) is 9.84 Å². The molecule has 7 rings (SSSR count). The number of rotatable bonds is 5. The number of pyridine rings is 1. The Morgan fingerprint density at radius 2 is 1.79 bits per heavy atom. The van der Waals surface area contributed by atoms with Gasteiger partial charge in [0, 0.05) is 25.3 Å². The van der Waals surface area contributed by atoms with Crippen LogP contribution < -0.4 is 15.5 Å². The van der Waals surface area contributed by atoms with Crippen LogP contribution in [0.25, 0.3) is 0 Å². The van der Waals surface area contributed by atoms with Gasteiger partial charge >= 0.3 is 0 Å². The van der Waals surface area contributed by atoms with Crippen molar-refractivity contribution < 1.29 is 13.5 Å². The molecule has 5 fully saturated rings. The normalized spacial score (nSPS) is 34.3. The molecule has 9 nitrogen and oxygen atoms in total. The summed E-state index contributed by atoms with van der Waals surface area (Å²) in [6.07, 6.45) is 8.65. The Morgan fingerprint density at radius 3 is 2.45 bits per heavy atom. The van der Waals surface area contributed by atoms with Crippen molar-refractivity contribution in [1.29, 1.82) is 0 Å². The average molecular weight is 471 g/mol. The average Bonchev–Trinajstić information content (AvgIpc) is 2.76. The molecule has 2 aromatic rings. The lowest BCUT2D eigenvalue weighted by Gasteiger charge is -2.58. The number of hydrogen-bond acceptors (Lipinski definition) is 9. The molecule has 4 bridgehead atoms. The minimum Gasteiger partial charge on any atom is -0.390 e. The van der Waals surface area contributed by atoms with E-state index in [1.807, 2.05) is 23.1 Å². The van der Waals surface area contributed by atoms with Crippen LogP contribution in [0, 0.1) is 17.8 Å². The number of aliphatic hydroxyl groups is 1. The fourth-order valence-electron chi connectivity index (χ4n) is 6.60. The van der Waals surface area contributed by atoms with Crippen molar-refractivity contribution in [3.8, 4) is 0 Å². The van der Waals surface area contributed by atoms with Crippen LogP contribution >= 0.6 is 0 Å². The minimum absolute atomic E-state index is 0.172. The molecule has 2 atom stereocenters. The highest BCUT2D eigenvalue weighted by molar-refractivity contribution is 7.91. The van der Waals surface area contributed by atoms with Gasteiger partial charge < -0.3 is 20.6 Å². The van der Waals surface area contributed by atoms with Gasteiger partial charge in [-0.25, -0.2) is 18.4 Å². The number of aromatic nitrogens is 3. The number of anilines is 4. The summed E-state index contributed by atoms with van der Waals surface area (Å²) >= 11 is 0. The van der Waals surface area contributed by atoms with E-state index in [9.17, 15) is 13.5 Å². The van der Waals surface area contributed by atoms with Gasteiger partial charge in [-0.3, -0.25) is 0 Å². The lowest BCUT2D eigenvalue weighted by atomic mass is 9.52. The van der Waals surface area contributed by atoms with Crippen LogP contribution in [0.15, 0.2) is 30.6 Å². The van der Waals surface area contributed by atoms with E-state index >= 15 is 0 Å². The zero-order valence-corrected chi connectivity index (χ0v) is 19.3. The lowest BCUT2D eigenvalue weighted by molar-refractivity contribution is -0.129. The molecule has 2 aromatic heterocycles. The van der Waals surface area contributed by atoms with E-state index in [4.69, 9.17) is 0 Å². The molecule has 1 aliphatic heterocycles. The number of nitrogens with zero attached hydrogens (tertiary/aromatic N) is 4. The Kier molecular flexibility index (Phi) is 4.99. The summed E-state index contributed by atoms with van der Waals surface area (Å²) in [5.74, 6) is 4.12. The van der Waals surface area contributed by atoms with Crippen LogP contribution in [-0.2, 0) is 9.84 Å². The standard InChI is InChI=1S/C23H30N6O3S/c30-23-11-15-9-16(12-23)21(17(10-15)13-23)27-19-3-4-24-22(28-19)26-18-1-2-20(25-14-18)29-5-7-33(31,32)8-6-29/h1-4,14-17,21,30H,5-13H2,(H2,24,26,27,28)/t15?,16?,17?,21-,23-. The molecule has 0 spiro atoms. The topological polar surface area (TPSA) is 120 Å². The first kappa shape index (κ1) is 21.1. The zero-order valence-electron chi connectivity index (χ0n) is 18.5. The van der Waals surface area contributed by atoms with Crippen molar-refractivity contribution in [2.24, 2.45) is 17.8 Å². The Hall–Kier alpha value is -2.46. The van der Waals surface area contributed by atoms with Gasteiger partial charge in [0.25, 0.3) is 0 Å². The first-order chi connectivity index (χ1) is 15.8. The molecule has 0 amide bonds. The third-order valence-electron chi connectivity index (χ3n) is 7.88. The van der Waals surface area contributed by atoms with Gasteiger partial charge in [0.2, 0.25) is 5.95 Å². The Labute approximate surface area is 194 Å². The molecule has 176 valence electrons. The summed E-state index contributed by atoms with van der Waals surface area (Å²) in [6, 6.07) is 6.06. The van der Waals surface area contributed by atoms with E-state index in [0.717, 1.165) is 36.6 Å². The second kappa shape index (κ2) is 7.80. The third-order valence-corrected chi connectivity index (χ3v) is 9.49. The summed E-state index contributed by atoms with van der Waals surface area (Å²) in [5, 5.41) is 17.7. The largest absolute Gasteiger partial charge is 0.390 e. The predicted octanol–water partition coefficient (Wildman–Crippen LogP) is 2.20. The fraction of sp³-hybridized carbons (Fsp3) is 0.609. The maximum atomic E-state index is 11.6. The summed E-state index contributed by atoms with van der Waals surface area (Å²) in [5.41, 5.74) is 0.340. The van der Waals surface area contributed by atoms with Gasteiger partial charge in [-0.2, -0.15) is 4.98 Å². The maximum Gasteiger partial charge on any atom is 0.229 e. The molecule has 5 aliphatic rings. The van der Waals surface area contributed by atoms with Crippen molar-refractivity contribution in [2.75, 3.05) is 40.1 Å². The summed E-state index contributed by atoms with van der Waals surface area (Å²) in [6.45, 7) is 0.945. The van der Waals surface area contributed by atoms with Crippen molar-refractivity contribution in [1.82, 2.24) is 15.0 Å². The molecule has 1 saturated heterocycles. The van der Waals surface area contributed by atoms with Gasteiger partial charge in [-0.1, -0.05) is 0 Å². The van der Waals surface area contributed by atoms with Crippen LogP contribution in [0.3, 0.4) is 0 Å². The van der Waals surface area contributed by atoms with Crippen molar-refractivity contribution in [3.63, 3.8) is 0 Å². The molecule has 2 unspecified atom stereocenters. The molecule has 4 saturated carbocycles. The SMILES string of the molecule is O=S1(=O)CCN(c2ccc(Nc3nccc(N[C@H]4C5CC6CC4C[C@](O)(C6)C5)n3)cn2)CC1. The van der Waals surface area contributed by atoms with Crippen molar-refractivity contribution >= 4 is 33.1 Å². The molecule has 3 N–H and O–H groups in total. The molecule has 33 heavy (non-hydrogen) atoms. The molecular formula is C23H30N6O3S. The van der Waals surface area contributed by atoms with Crippen molar-refractivity contribution in [3.05, 3.63) is 30.6 Å². The Balaban J connectivity index is 1.11. The second-order valence-electron chi connectivity index (χ2n) is 10.3. The number of nitrogens with one attached hydrogen (secondary N) is 2. The summed E-state index contributed by atoms with van der Waals surface area (Å²) in [4.78, 5) is 15.5. The van der Waals surface area contributed by atoms with E-state index in [1.54, 1.807) is 12.4 Å². The van der Waals surface area contributed by atoms with Crippen LogP contribution in [-0.4, -0.2) is 64.7 Å². The lowest BCUT2D eigenvalue weighted by Crippen LogP contribution is -2.59. The van der Waals surface area contributed by atoms with Gasteiger partial charge in [-0.15, -0.1) is 0 Å². The van der Waals surface area contributed by atoms with Crippen molar-refractivity contribution in [2.45, 2.75) is 43.7 Å². The van der Waals surface area contributed by atoms with Crippen LogP contribution in [0.2, 0.25) is 0 Å². The zero-order chi connectivity index (χ0) is 22.6. The smallest absolute Gasteiger partial charge is 0.229 e. The first-order valence-electron chi connectivity index (χ1n) is 11.8. The van der Waals surface area contributed by atoms with Crippen LogP contribution in [0.5, 0.6) is 0 Å². The quantitative estimate of drug-likeness (QED) is 0.604. The van der Waals surface area contributed by atoms with E-state index in [-0.39, 0.29) is 11.5 Å². The molecule has 3 heterocycles. The van der Waals surface area contributed by atoms with E-state index < -0.39 is 15.4 Å². The molecule has 0 radical (unpaired) electrons. The highest BCUT2D eigenvalue weighted by Gasteiger charge is 2.54. The second-order valence-corrected chi connectivity index (χ2v) is 12.6. The monoisotopic (exact) mass is 470 g/mol. The van der Waals surface area contributed by atoms with Gasteiger partial charge in [-0.05, 0) is 68.1 Å². The minimum atomic E-state index is -2.91. The Bertz CT molecular complexity index is 1110. The summed E-state index contributed by atoms with van der Waals surface area (Å²) < 4.78 is 23.3. The first-order valence-corrected chi connectivity index (χ1v) is 13.7. The molecule has 4 aliphatic carbocycles. The highest BCUT2D eigenvalue weighted by Crippen LogP contribution is 2.56. The van der Waals surface area contributed by atoms with E-state index in [1.165, 1.54) is 12.8 Å². The van der Waals surface area contributed by atoms with Gasteiger partial charge in [0.05, 0.1) is 29.0 Å². The number of sulfone groups is 1. The maximum absolute atomic E-state index is 11.6. The highest BCUT2D eigenvalue weighted by atomic mass is 32.2. The molecular weight excluding hydrogens is 440 g/mol. The fourth-order valence-corrected chi connectivity index (χ4v) is 7.81. The van der Waals surface area contributed by atoms with Crippen LogP contribution in [0.1, 0.15) is 32.1 Å². The molecule has 10 heteroatoms. The predicted molar refractivity (Wildman–Crippen MR) is 126 cm³/mol. The van der Waals surface area contributed by atoms with E-state index in [2.05, 4.69) is 25.6 Å². The number of hydrogen-bond donors (Lipinski definition) is 3. The molecule has 0 aromatic carbocycles. The summed E-state index contributed by atoms with van der Waals surface area (Å²) in [7, 11) is -2.91. The Morgan fingerprint density at radius 1 is 1.03 bits per heavy atom. The van der Waals surface area contributed by atoms with Gasteiger partial charge in [0.1, 0.15) is 11.6 Å². The van der Waals surface area contributed by atoms with E-state index in [0.29, 0.717) is 42.8 Å². The van der Waals surface area contributed by atoms with Crippen LogP contribution in [0.4, 0.5) is 23.3 Å². The third kappa shape index (κ3) is 4.26.